The maximum Gasteiger partial charge on any atom is 0.253 e. The summed E-state index contributed by atoms with van der Waals surface area (Å²) in [5.74, 6) is 1.79. The predicted molar refractivity (Wildman–Crippen MR) is 104 cm³/mol. The van der Waals surface area contributed by atoms with Crippen LogP contribution in [0.4, 0.5) is 0 Å². The SMILES string of the molecule is CCc1nc(COc2ccc(C(=O)N3CCC(N)C(C)(C)C3)cc2)no1.Cl. The number of hydrogen-bond donors (Lipinski definition) is 1. The molecular weight excluding hydrogens is 368 g/mol. The molecule has 0 aliphatic carbocycles. The summed E-state index contributed by atoms with van der Waals surface area (Å²) in [6.45, 7) is 7.76. The third-order valence-electron chi connectivity index (χ3n) is 4.88. The molecule has 8 heteroatoms. The zero-order chi connectivity index (χ0) is 18.7. The maximum absolute atomic E-state index is 12.7. The highest BCUT2D eigenvalue weighted by molar-refractivity contribution is 5.94. The van der Waals surface area contributed by atoms with Crippen molar-refractivity contribution in [3.8, 4) is 5.75 Å². The van der Waals surface area contributed by atoms with Gasteiger partial charge >= 0.3 is 0 Å². The number of halogens is 1. The minimum atomic E-state index is -0.0705. The number of carbonyl (C=O) groups excluding carboxylic acids is 1. The highest BCUT2D eigenvalue weighted by Crippen LogP contribution is 2.28. The number of hydrogen-bond acceptors (Lipinski definition) is 6. The normalized spacial score (nSPS) is 18.7. The van der Waals surface area contributed by atoms with Gasteiger partial charge in [-0.2, -0.15) is 4.98 Å². The fourth-order valence-electron chi connectivity index (χ4n) is 3.06. The van der Waals surface area contributed by atoms with Crippen LogP contribution in [0.15, 0.2) is 28.8 Å². The number of rotatable bonds is 5. The molecule has 0 saturated carbocycles. The van der Waals surface area contributed by atoms with Gasteiger partial charge in [-0.1, -0.05) is 25.9 Å². The van der Waals surface area contributed by atoms with Crippen LogP contribution in [0, 0.1) is 5.41 Å². The lowest BCUT2D eigenvalue weighted by Gasteiger charge is -2.42. The molecule has 27 heavy (non-hydrogen) atoms. The van der Waals surface area contributed by atoms with Gasteiger partial charge in [0.15, 0.2) is 6.61 Å². The summed E-state index contributed by atoms with van der Waals surface area (Å²) in [5.41, 5.74) is 6.73. The lowest BCUT2D eigenvalue weighted by atomic mass is 9.79. The van der Waals surface area contributed by atoms with Gasteiger partial charge in [-0.25, -0.2) is 0 Å². The first kappa shape index (κ1) is 21.2. The predicted octanol–water partition coefficient (Wildman–Crippen LogP) is 2.83. The number of carbonyl (C=O) groups is 1. The van der Waals surface area contributed by atoms with Gasteiger partial charge in [-0.05, 0) is 36.1 Å². The molecule has 0 bridgehead atoms. The van der Waals surface area contributed by atoms with E-state index in [1.54, 1.807) is 24.3 Å². The van der Waals surface area contributed by atoms with E-state index in [4.69, 9.17) is 15.0 Å². The summed E-state index contributed by atoms with van der Waals surface area (Å²) in [6, 6.07) is 7.27. The Bertz CT molecular complexity index is 761. The first-order valence-corrected chi connectivity index (χ1v) is 8.98. The molecule has 2 aromatic rings. The Morgan fingerprint density at radius 1 is 1.37 bits per heavy atom. The van der Waals surface area contributed by atoms with E-state index in [0.717, 1.165) is 6.42 Å². The molecule has 1 amide bonds. The van der Waals surface area contributed by atoms with Gasteiger partial charge in [-0.3, -0.25) is 4.79 Å². The molecule has 1 aromatic carbocycles. The Morgan fingerprint density at radius 3 is 2.67 bits per heavy atom. The van der Waals surface area contributed by atoms with Crippen LogP contribution in [0.2, 0.25) is 0 Å². The van der Waals surface area contributed by atoms with Crippen LogP contribution in [0.1, 0.15) is 49.3 Å². The number of likely N-dealkylation sites (tertiary alicyclic amines) is 1. The topological polar surface area (TPSA) is 94.5 Å². The average molecular weight is 395 g/mol. The van der Waals surface area contributed by atoms with Gasteiger partial charge in [0.25, 0.3) is 5.91 Å². The zero-order valence-electron chi connectivity index (χ0n) is 16.0. The highest BCUT2D eigenvalue weighted by atomic mass is 35.5. The van der Waals surface area contributed by atoms with Crippen LogP contribution in [0.5, 0.6) is 5.75 Å². The van der Waals surface area contributed by atoms with Crippen LogP contribution >= 0.6 is 12.4 Å². The van der Waals surface area contributed by atoms with Gasteiger partial charge in [0, 0.05) is 31.1 Å². The molecular formula is C19H27ClN4O3. The molecule has 1 fully saturated rings. The minimum Gasteiger partial charge on any atom is -0.485 e. The van der Waals surface area contributed by atoms with Crippen molar-refractivity contribution < 1.29 is 14.1 Å². The van der Waals surface area contributed by atoms with Crippen LogP contribution in [0.3, 0.4) is 0 Å². The van der Waals surface area contributed by atoms with E-state index in [1.807, 2.05) is 11.8 Å². The number of nitrogens with zero attached hydrogens (tertiary/aromatic N) is 3. The molecule has 1 aliphatic heterocycles. The van der Waals surface area contributed by atoms with E-state index in [9.17, 15) is 4.79 Å². The molecule has 1 aliphatic rings. The minimum absolute atomic E-state index is 0. The number of amides is 1. The molecule has 3 rings (SSSR count). The third-order valence-corrected chi connectivity index (χ3v) is 4.88. The zero-order valence-corrected chi connectivity index (χ0v) is 16.8. The van der Waals surface area contributed by atoms with Crippen LogP contribution in [-0.2, 0) is 13.0 Å². The number of ether oxygens (including phenoxy) is 1. The third kappa shape index (κ3) is 4.99. The summed E-state index contributed by atoms with van der Waals surface area (Å²) in [4.78, 5) is 18.8. The van der Waals surface area contributed by atoms with Crippen molar-refractivity contribution in [3.63, 3.8) is 0 Å². The second-order valence-corrected chi connectivity index (χ2v) is 7.38. The van der Waals surface area contributed by atoms with Crippen molar-refractivity contribution in [1.29, 1.82) is 0 Å². The summed E-state index contributed by atoms with van der Waals surface area (Å²) in [6.07, 6.45) is 1.52. The average Bonchev–Trinajstić information content (AvgIpc) is 3.10. The van der Waals surface area contributed by atoms with Crippen molar-refractivity contribution in [2.45, 2.75) is 46.3 Å². The first-order valence-electron chi connectivity index (χ1n) is 8.98. The summed E-state index contributed by atoms with van der Waals surface area (Å²) < 4.78 is 10.7. The number of benzene rings is 1. The largest absolute Gasteiger partial charge is 0.485 e. The van der Waals surface area contributed by atoms with Crippen molar-refractivity contribution in [3.05, 3.63) is 41.5 Å². The van der Waals surface area contributed by atoms with Gasteiger partial charge in [0.05, 0.1) is 0 Å². The molecule has 7 nitrogen and oxygen atoms in total. The smallest absolute Gasteiger partial charge is 0.253 e. The summed E-state index contributed by atoms with van der Waals surface area (Å²) in [7, 11) is 0. The Balaban J connectivity index is 0.00000261. The summed E-state index contributed by atoms with van der Waals surface area (Å²) >= 11 is 0. The quantitative estimate of drug-likeness (QED) is 0.837. The van der Waals surface area contributed by atoms with Gasteiger partial charge in [0.2, 0.25) is 11.7 Å². The van der Waals surface area contributed by atoms with E-state index >= 15 is 0 Å². The molecule has 2 N–H and O–H groups in total. The molecule has 0 spiro atoms. The Hall–Kier alpha value is -2.12. The molecule has 148 valence electrons. The van der Waals surface area contributed by atoms with Crippen LogP contribution in [0.25, 0.3) is 0 Å². The molecule has 1 saturated heterocycles. The van der Waals surface area contributed by atoms with Crippen molar-refractivity contribution in [2.75, 3.05) is 13.1 Å². The van der Waals surface area contributed by atoms with Crippen molar-refractivity contribution in [2.24, 2.45) is 11.1 Å². The molecule has 1 atom stereocenters. The van der Waals surface area contributed by atoms with E-state index in [2.05, 4.69) is 24.0 Å². The fraction of sp³-hybridized carbons (Fsp3) is 0.526. The van der Waals surface area contributed by atoms with Gasteiger partial charge in [0.1, 0.15) is 5.75 Å². The van der Waals surface area contributed by atoms with Gasteiger partial charge in [-0.15, -0.1) is 12.4 Å². The molecule has 2 heterocycles. The summed E-state index contributed by atoms with van der Waals surface area (Å²) in [5, 5.41) is 3.85. The van der Waals surface area contributed by atoms with Crippen LogP contribution < -0.4 is 10.5 Å². The number of aryl methyl sites for hydroxylation is 1. The fourth-order valence-corrected chi connectivity index (χ4v) is 3.06. The van der Waals surface area contributed by atoms with E-state index < -0.39 is 0 Å². The molecule has 1 unspecified atom stereocenters. The van der Waals surface area contributed by atoms with E-state index in [1.165, 1.54) is 0 Å². The number of piperidine rings is 1. The maximum atomic E-state index is 12.7. The molecule has 1 aromatic heterocycles. The van der Waals surface area contributed by atoms with Gasteiger partial charge < -0.3 is 19.9 Å². The second-order valence-electron chi connectivity index (χ2n) is 7.38. The Morgan fingerprint density at radius 2 is 2.07 bits per heavy atom. The van der Waals surface area contributed by atoms with Crippen LogP contribution in [-0.4, -0.2) is 40.1 Å². The standard InChI is InChI=1S/C19H26N4O3.ClH/c1-4-17-21-16(22-26-17)11-25-14-7-5-13(6-8-14)18(24)23-10-9-15(20)19(2,3)12-23;/h5-8,15H,4,9-12,20H2,1-3H3;1H. The monoisotopic (exact) mass is 394 g/mol. The van der Waals surface area contributed by atoms with E-state index in [0.29, 0.717) is 42.5 Å². The first-order chi connectivity index (χ1) is 12.4. The molecule has 0 radical (unpaired) electrons. The Labute approximate surface area is 165 Å². The Kier molecular flexibility index (Phi) is 6.84. The van der Waals surface area contributed by atoms with Crippen molar-refractivity contribution in [1.82, 2.24) is 15.0 Å². The number of aromatic nitrogens is 2. The number of nitrogens with two attached hydrogens (primary N) is 1. The highest BCUT2D eigenvalue weighted by Gasteiger charge is 2.35. The second kappa shape index (κ2) is 8.71. The lowest BCUT2D eigenvalue weighted by molar-refractivity contribution is 0.0533. The van der Waals surface area contributed by atoms with E-state index in [-0.39, 0.29) is 36.4 Å². The van der Waals surface area contributed by atoms with Crippen molar-refractivity contribution >= 4 is 18.3 Å². The lowest BCUT2D eigenvalue weighted by Crippen LogP contribution is -2.53.